The van der Waals surface area contributed by atoms with Gasteiger partial charge < -0.3 is 9.47 Å². The normalized spacial score (nSPS) is 10.0. The summed E-state index contributed by atoms with van der Waals surface area (Å²) in [6.45, 7) is 1.99. The summed E-state index contributed by atoms with van der Waals surface area (Å²) in [6, 6.07) is 12.0. The first-order chi connectivity index (χ1) is 11.1. The number of carbonyl (C=O) groups excluding carboxylic acids is 2. The quantitative estimate of drug-likeness (QED) is 0.853. The number of esters is 1. The number of hydrogen-bond donors (Lipinski definition) is 1. The highest BCUT2D eigenvalue weighted by Gasteiger charge is 2.10. The van der Waals surface area contributed by atoms with Gasteiger partial charge in [-0.25, -0.2) is 14.0 Å². The molecule has 0 aliphatic carbocycles. The maximum absolute atomic E-state index is 12.8. The summed E-state index contributed by atoms with van der Waals surface area (Å²) in [5.41, 5.74) is 1.40. The van der Waals surface area contributed by atoms with Crippen LogP contribution in [0.1, 0.15) is 22.8 Å². The minimum Gasteiger partial charge on any atom is -0.457 e. The molecule has 120 valence electrons. The van der Waals surface area contributed by atoms with Crippen LogP contribution < -0.4 is 5.32 Å². The van der Waals surface area contributed by atoms with Crippen LogP contribution in [0.3, 0.4) is 0 Å². The van der Waals surface area contributed by atoms with E-state index in [4.69, 9.17) is 9.47 Å². The third kappa shape index (κ3) is 5.10. The second kappa shape index (κ2) is 7.93. The summed E-state index contributed by atoms with van der Waals surface area (Å²) in [6.07, 6.45) is -0.593. The van der Waals surface area contributed by atoms with Gasteiger partial charge in [-0.1, -0.05) is 18.2 Å². The van der Waals surface area contributed by atoms with Gasteiger partial charge in [0.05, 0.1) is 12.2 Å². The molecule has 0 atom stereocenters. The minimum absolute atomic E-state index is 0.0364. The standard InChI is InChI=1S/C17H16FNO4/c1-2-22-17(21)19-15-5-3-4-13(10-15)16(20)23-11-12-6-8-14(18)9-7-12/h3-10H,2,11H2,1H3,(H,19,21). The highest BCUT2D eigenvalue weighted by Crippen LogP contribution is 2.13. The van der Waals surface area contributed by atoms with Gasteiger partial charge in [0.1, 0.15) is 12.4 Å². The van der Waals surface area contributed by atoms with Crippen molar-refractivity contribution in [2.75, 3.05) is 11.9 Å². The van der Waals surface area contributed by atoms with Gasteiger partial charge in [-0.15, -0.1) is 0 Å². The van der Waals surface area contributed by atoms with Crippen molar-refractivity contribution < 1.29 is 23.5 Å². The Kier molecular flexibility index (Phi) is 5.68. The smallest absolute Gasteiger partial charge is 0.411 e. The van der Waals surface area contributed by atoms with Crippen molar-refractivity contribution in [3.63, 3.8) is 0 Å². The zero-order valence-corrected chi connectivity index (χ0v) is 12.5. The SMILES string of the molecule is CCOC(=O)Nc1cccc(C(=O)OCc2ccc(F)cc2)c1. The Morgan fingerprint density at radius 3 is 2.52 bits per heavy atom. The lowest BCUT2D eigenvalue weighted by Gasteiger charge is -2.08. The van der Waals surface area contributed by atoms with Crippen molar-refractivity contribution in [1.29, 1.82) is 0 Å². The van der Waals surface area contributed by atoms with Crippen LogP contribution >= 0.6 is 0 Å². The average molecular weight is 317 g/mol. The number of carbonyl (C=O) groups is 2. The molecule has 0 radical (unpaired) electrons. The lowest BCUT2D eigenvalue weighted by atomic mass is 10.2. The summed E-state index contributed by atoms with van der Waals surface area (Å²) in [5, 5.41) is 2.51. The summed E-state index contributed by atoms with van der Waals surface area (Å²) < 4.78 is 22.7. The topological polar surface area (TPSA) is 64.6 Å². The zero-order chi connectivity index (χ0) is 16.7. The number of ether oxygens (including phenoxy) is 2. The fraction of sp³-hybridized carbons (Fsp3) is 0.176. The first-order valence-corrected chi connectivity index (χ1v) is 7.04. The van der Waals surface area contributed by atoms with Crippen LogP contribution in [0, 0.1) is 5.82 Å². The van der Waals surface area contributed by atoms with Gasteiger partial charge in [0, 0.05) is 5.69 Å². The molecule has 6 heteroatoms. The van der Waals surface area contributed by atoms with Crippen LogP contribution in [0.25, 0.3) is 0 Å². The Bertz CT molecular complexity index is 685. The van der Waals surface area contributed by atoms with E-state index >= 15 is 0 Å². The lowest BCUT2D eigenvalue weighted by molar-refractivity contribution is 0.0472. The molecule has 2 aromatic carbocycles. The van der Waals surface area contributed by atoms with Crippen molar-refractivity contribution >= 4 is 17.7 Å². The maximum Gasteiger partial charge on any atom is 0.411 e. The summed E-state index contributed by atoms with van der Waals surface area (Å²) in [5.74, 6) is -0.889. The van der Waals surface area contributed by atoms with E-state index in [-0.39, 0.29) is 19.0 Å². The van der Waals surface area contributed by atoms with Crippen LogP contribution in [0.4, 0.5) is 14.9 Å². The number of hydrogen-bond acceptors (Lipinski definition) is 4. The van der Waals surface area contributed by atoms with Gasteiger partial charge in [0.25, 0.3) is 0 Å². The van der Waals surface area contributed by atoms with E-state index in [2.05, 4.69) is 5.32 Å². The third-order valence-electron chi connectivity index (χ3n) is 2.90. The number of benzene rings is 2. The van der Waals surface area contributed by atoms with Crippen molar-refractivity contribution in [3.8, 4) is 0 Å². The molecule has 2 aromatic rings. The monoisotopic (exact) mass is 317 g/mol. The number of nitrogens with one attached hydrogen (secondary N) is 1. The van der Waals surface area contributed by atoms with Gasteiger partial charge in [-0.3, -0.25) is 5.32 Å². The predicted molar refractivity (Wildman–Crippen MR) is 82.6 cm³/mol. The molecule has 0 fully saturated rings. The molecule has 0 aliphatic heterocycles. The molecule has 1 N–H and O–H groups in total. The molecule has 0 aromatic heterocycles. The molecule has 2 rings (SSSR count). The van der Waals surface area contributed by atoms with Crippen LogP contribution in [-0.4, -0.2) is 18.7 Å². The predicted octanol–water partition coefficient (Wildman–Crippen LogP) is 3.75. The average Bonchev–Trinajstić information content (AvgIpc) is 2.54. The Balaban J connectivity index is 1.96. The number of halogens is 1. The minimum atomic E-state index is -0.593. The zero-order valence-electron chi connectivity index (χ0n) is 12.5. The molecule has 5 nitrogen and oxygen atoms in total. The van der Waals surface area contributed by atoms with Crippen LogP contribution in [-0.2, 0) is 16.1 Å². The summed E-state index contributed by atoms with van der Waals surface area (Å²) >= 11 is 0. The molecule has 1 amide bonds. The Morgan fingerprint density at radius 1 is 1.09 bits per heavy atom. The van der Waals surface area contributed by atoms with Crippen molar-refractivity contribution in [1.82, 2.24) is 0 Å². The van der Waals surface area contributed by atoms with Gasteiger partial charge in [-0.05, 0) is 42.8 Å². The van der Waals surface area contributed by atoms with E-state index < -0.39 is 12.1 Å². The molecule has 0 bridgehead atoms. The second-order valence-corrected chi connectivity index (χ2v) is 4.63. The number of amides is 1. The maximum atomic E-state index is 12.8. The third-order valence-corrected chi connectivity index (χ3v) is 2.90. The molecule has 0 saturated heterocycles. The Labute approximate surface area is 133 Å². The molecule has 0 aliphatic rings. The molecule has 0 spiro atoms. The number of anilines is 1. The largest absolute Gasteiger partial charge is 0.457 e. The van der Waals surface area contributed by atoms with E-state index in [1.807, 2.05) is 0 Å². The van der Waals surface area contributed by atoms with Crippen LogP contribution in [0.5, 0.6) is 0 Å². The van der Waals surface area contributed by atoms with Crippen molar-refractivity contribution in [3.05, 3.63) is 65.5 Å². The lowest BCUT2D eigenvalue weighted by Crippen LogP contribution is -2.14. The van der Waals surface area contributed by atoms with Gasteiger partial charge in [0.2, 0.25) is 0 Å². The van der Waals surface area contributed by atoms with Crippen LogP contribution in [0.15, 0.2) is 48.5 Å². The van der Waals surface area contributed by atoms with Gasteiger partial charge >= 0.3 is 12.1 Å². The van der Waals surface area contributed by atoms with Gasteiger partial charge in [0.15, 0.2) is 0 Å². The Morgan fingerprint density at radius 2 is 1.83 bits per heavy atom. The van der Waals surface area contributed by atoms with E-state index in [9.17, 15) is 14.0 Å². The second-order valence-electron chi connectivity index (χ2n) is 4.63. The van der Waals surface area contributed by atoms with Crippen LogP contribution in [0.2, 0.25) is 0 Å². The molecule has 0 saturated carbocycles. The summed E-state index contributed by atoms with van der Waals surface area (Å²) in [4.78, 5) is 23.4. The molecular formula is C17H16FNO4. The van der Waals surface area contributed by atoms with Crippen molar-refractivity contribution in [2.45, 2.75) is 13.5 Å². The highest BCUT2D eigenvalue weighted by atomic mass is 19.1. The van der Waals surface area contributed by atoms with E-state index in [1.165, 1.54) is 18.2 Å². The molecule has 23 heavy (non-hydrogen) atoms. The van der Waals surface area contributed by atoms with E-state index in [0.29, 0.717) is 16.8 Å². The molecule has 0 unspecified atom stereocenters. The van der Waals surface area contributed by atoms with E-state index in [0.717, 1.165) is 0 Å². The van der Waals surface area contributed by atoms with Crippen molar-refractivity contribution in [2.24, 2.45) is 0 Å². The Hall–Kier alpha value is -2.89. The molecular weight excluding hydrogens is 301 g/mol. The fourth-order valence-electron chi connectivity index (χ4n) is 1.82. The van der Waals surface area contributed by atoms with E-state index in [1.54, 1.807) is 37.3 Å². The fourth-order valence-corrected chi connectivity index (χ4v) is 1.82. The van der Waals surface area contributed by atoms with Gasteiger partial charge in [-0.2, -0.15) is 0 Å². The summed E-state index contributed by atoms with van der Waals surface area (Å²) in [7, 11) is 0. The first-order valence-electron chi connectivity index (χ1n) is 7.04. The molecule has 0 heterocycles. The number of rotatable bonds is 5. The highest BCUT2D eigenvalue weighted by molar-refractivity contribution is 5.92. The first kappa shape index (κ1) is 16.5.